The highest BCUT2D eigenvalue weighted by Crippen LogP contribution is 2.64. The molecule has 3 aliphatic heterocycles. The third kappa shape index (κ3) is 24.1. The molecule has 0 radical (unpaired) electrons. The highest BCUT2D eigenvalue weighted by atomic mass is 16.7. The van der Waals surface area contributed by atoms with Gasteiger partial charge in [-0.25, -0.2) is 0 Å². The fourth-order valence-electron chi connectivity index (χ4n) is 26.1. The molecule has 9 aliphatic carbocycles. The number of methoxy groups -OCH3 is 3. The predicted molar refractivity (Wildman–Crippen MR) is 567 cm³/mol. The minimum atomic E-state index is -0.900. The van der Waals surface area contributed by atoms with E-state index in [1.54, 1.807) is 69.6 Å². The predicted octanol–water partition coefficient (Wildman–Crippen LogP) is 12.1. The second-order valence-electron chi connectivity index (χ2n) is 46.0. The fraction of sp³-hybridized carbons (Fsp3) is 0.600. The lowest BCUT2D eigenvalue weighted by Crippen LogP contribution is -2.62. The van der Waals surface area contributed by atoms with Crippen molar-refractivity contribution in [3.05, 3.63) is 173 Å². The standard InChI is InChI=1S/C40H60N4O6.C39H52N4O7.C36H53N5O6/c1-23(2)16-30(21-43(7)8)41-38(47)27-13-10-12-26(17-27)31-15-11-14-28(37(31)49-9)20-44-36(35(25(4)46)34(22-45)50-44)39(48)42-33-19-29-18-32(24(33)3)40(29,5)6;1-22-31-17-27(39(31,3)4)18-32(22)41-38(47)35-34(23(2)45)33(21-44)50-43(35)20-24-10-8-12-30(36(24)48-7)25-14-26(16-28(15-25)42(5)6)37(46)40-19-29-11-9-13-49-29;1-20-28-16-25(36(28,3)4)17-29(20)39-35(45)32-31(21(2)43)30(19-42)47-41(32)18-22-9-8-10-27(33(22)46-7)23-13-24(34(44)38-12-11-37)15-26(14-23)40(5)6/h10-15,17,23-25,29-30,32-36,45-46H,16,18-22H2,1-9H3,(H,41,47)(H,42,48);8-16,22-23,27,31-35,44-45H,17-21H2,1-7H3,(H,40,46)(H,41,47);8-10,13-15,20-21,25,28-32,42-43H,11-12,16-19,37H2,1-7H3,(H,38,44)(H,39,45)/t24-,25-,29+,30-,32-,33-,34-,35-,36-;22-,23-,27+,31-,32-,33-,34-,35-;20-,21-,25+,28-,29-,30-,31-,32-/m000/s1. The van der Waals surface area contributed by atoms with Crippen molar-refractivity contribution >= 4 is 46.8 Å². The molecular weight excluding hydrogens is 1870 g/mol. The normalized spacial score (nSPS) is 28.3. The zero-order valence-electron chi connectivity index (χ0n) is 90.5. The second kappa shape index (κ2) is 47.6. The molecule has 25 atom stereocenters. The van der Waals surface area contributed by atoms with Gasteiger partial charge in [-0.15, -0.1) is 0 Å². The molecule has 6 amide bonds. The van der Waals surface area contributed by atoms with Gasteiger partial charge in [0.05, 0.1) is 91.9 Å². The Bertz CT molecular complexity index is 5680. The lowest BCUT2D eigenvalue weighted by Gasteiger charge is -2.62. The number of aliphatic hydroxyl groups is 6. The van der Waals surface area contributed by atoms with Crippen LogP contribution in [-0.4, -0.2) is 268 Å². The molecule has 3 saturated heterocycles. The van der Waals surface area contributed by atoms with Gasteiger partial charge in [0.25, 0.3) is 17.7 Å². The third-order valence-corrected chi connectivity index (χ3v) is 34.6. The Labute approximate surface area is 868 Å². The van der Waals surface area contributed by atoms with Gasteiger partial charge < -0.3 is 102 Å². The molecular formula is C115H165N13O19. The number of carbonyl (C=O) groups excluding carboxylic acids is 6. The average molecular weight is 2030 g/mol. The van der Waals surface area contributed by atoms with Gasteiger partial charge in [0, 0.05) is 151 Å². The number of aliphatic hydroxyl groups excluding tert-OH is 6. The number of fused-ring (bicyclic) bond motifs is 6. The van der Waals surface area contributed by atoms with Gasteiger partial charge in [-0.3, -0.25) is 43.3 Å². The van der Waals surface area contributed by atoms with Crippen molar-refractivity contribution in [1.29, 1.82) is 0 Å². The Morgan fingerprint density at radius 3 is 1.13 bits per heavy atom. The summed E-state index contributed by atoms with van der Waals surface area (Å²) in [4.78, 5) is 107. The molecule has 12 fully saturated rings. The smallest absolute Gasteiger partial charge is 0.251 e. The van der Waals surface area contributed by atoms with Gasteiger partial charge in [-0.2, -0.15) is 15.2 Å². The third-order valence-electron chi connectivity index (χ3n) is 34.6. The van der Waals surface area contributed by atoms with E-state index in [1.807, 2.05) is 173 Å². The van der Waals surface area contributed by atoms with Gasteiger partial charge >= 0.3 is 0 Å². The Kier molecular flexibility index (Phi) is 36.4. The number of rotatable bonds is 38. The monoisotopic (exact) mass is 2030 g/mol. The lowest BCUT2D eigenvalue weighted by atomic mass is 9.45. The van der Waals surface area contributed by atoms with Crippen LogP contribution in [-0.2, 0) is 55.1 Å². The van der Waals surface area contributed by atoms with E-state index in [0.717, 1.165) is 93.7 Å². The first kappa shape index (κ1) is 112. The number of nitrogens with one attached hydrogen (secondary N) is 6. The van der Waals surface area contributed by atoms with Crippen LogP contribution in [0.3, 0.4) is 0 Å². The molecule has 32 heteroatoms. The van der Waals surface area contributed by atoms with Crippen LogP contribution in [0.4, 0.5) is 11.4 Å². The molecule has 7 aromatic rings. The van der Waals surface area contributed by atoms with Crippen molar-refractivity contribution in [3.63, 3.8) is 0 Å². The van der Waals surface area contributed by atoms with E-state index in [-0.39, 0.29) is 116 Å². The van der Waals surface area contributed by atoms with Crippen LogP contribution in [0, 0.1) is 93.2 Å². The molecule has 19 rings (SSSR count). The summed E-state index contributed by atoms with van der Waals surface area (Å²) in [6, 6.07) is 37.4. The number of carbonyl (C=O) groups is 6. The average Bonchev–Trinajstić information content (AvgIpc) is 0.981. The van der Waals surface area contributed by atoms with E-state index >= 15 is 0 Å². The van der Waals surface area contributed by atoms with E-state index in [4.69, 9.17) is 38.9 Å². The lowest BCUT2D eigenvalue weighted by molar-refractivity contribution is -0.183. The Morgan fingerprint density at radius 2 is 0.816 bits per heavy atom. The van der Waals surface area contributed by atoms with Crippen molar-refractivity contribution in [2.75, 3.05) is 113 Å². The van der Waals surface area contributed by atoms with Crippen LogP contribution in [0.15, 0.2) is 138 Å². The number of hydroxylamine groups is 6. The molecule has 32 nitrogen and oxygen atoms in total. The Morgan fingerprint density at radius 1 is 0.456 bits per heavy atom. The molecule has 1 aromatic heterocycles. The Balaban J connectivity index is 0.000000174. The van der Waals surface area contributed by atoms with Crippen molar-refractivity contribution in [3.8, 4) is 50.6 Å². The topological polar surface area (TPSA) is 410 Å². The van der Waals surface area contributed by atoms with Crippen molar-refractivity contribution in [1.82, 2.24) is 52.0 Å². The molecule has 6 bridgehead atoms. The number of anilines is 2. The first-order valence-corrected chi connectivity index (χ1v) is 52.9. The first-order valence-electron chi connectivity index (χ1n) is 52.9. The Hall–Kier alpha value is -10.1. The van der Waals surface area contributed by atoms with Crippen LogP contribution >= 0.6 is 0 Å². The maximum absolute atomic E-state index is 14.2. The zero-order chi connectivity index (χ0) is 107. The van der Waals surface area contributed by atoms with Crippen molar-refractivity contribution < 1.29 is 92.5 Å². The summed E-state index contributed by atoms with van der Waals surface area (Å²) in [5, 5.41) is 87.3. The van der Waals surface area contributed by atoms with E-state index in [1.165, 1.54) is 19.3 Å². The van der Waals surface area contributed by atoms with E-state index in [9.17, 15) is 59.4 Å². The summed E-state index contributed by atoms with van der Waals surface area (Å²) in [6.07, 6.45) is 3.94. The molecule has 147 heavy (non-hydrogen) atoms. The highest BCUT2D eigenvalue weighted by Gasteiger charge is 2.62. The number of ether oxygens (including phenoxy) is 3. The number of nitrogens with two attached hydrogens (primary N) is 1. The highest BCUT2D eigenvalue weighted by molar-refractivity contribution is 5.99. The SMILES string of the molecule is COc1c(CN2O[C@@H](CO)[C@H]([C@H](C)O)[C@H]2C(=O)N[C@H]2C[C@H]3C[C@@H]([C@@H]2C)C3(C)C)cccc1-c1cc(C(=O)NCCN)cc(N(C)C)c1.COc1c(CN2O[C@@H](CO)[C@H]([C@H](C)O)[C@H]2C(=O)N[C@H]2C[C@H]3C[C@@H]([C@@H]2C)C3(C)C)cccc1-c1cc(C(=O)NCc2ccco2)cc(N(C)C)c1.COc1c(CN2O[C@@H](CO)[C@H]([C@H](C)O)[C@H]2C(=O)N[C@H]2C[C@H]3C[C@@H]([C@@H]2C)C3(C)C)cccc1-c1cccc(C(=O)N[C@@H](CC(C)C)CN(C)C)c1. The largest absolute Gasteiger partial charge is 0.496 e. The van der Waals surface area contributed by atoms with Crippen LogP contribution in [0.5, 0.6) is 17.2 Å². The van der Waals surface area contributed by atoms with Gasteiger partial charge in [0.1, 0.15) is 59.4 Å². The van der Waals surface area contributed by atoms with Gasteiger partial charge in [0.2, 0.25) is 17.7 Å². The summed E-state index contributed by atoms with van der Waals surface area (Å²) >= 11 is 0. The number of hydrogen-bond acceptors (Lipinski definition) is 26. The number of para-hydroxylation sites is 3. The van der Waals surface area contributed by atoms with E-state index in [2.05, 4.69) is 113 Å². The van der Waals surface area contributed by atoms with Crippen molar-refractivity contribution in [2.24, 2.45) is 98.9 Å². The summed E-state index contributed by atoms with van der Waals surface area (Å²) in [6.45, 7) is 31.2. The van der Waals surface area contributed by atoms with Crippen molar-refractivity contribution in [2.45, 2.75) is 247 Å². The van der Waals surface area contributed by atoms with E-state index in [0.29, 0.717) is 117 Å². The minimum absolute atomic E-state index is 0.0247. The van der Waals surface area contributed by atoms with Gasteiger partial charge in [-0.05, 0) is 233 Å². The number of furan rings is 1. The number of amides is 6. The molecule has 804 valence electrons. The summed E-state index contributed by atoms with van der Waals surface area (Å²) in [5.41, 5.74) is 16.7. The number of benzene rings is 6. The zero-order valence-corrected chi connectivity index (χ0v) is 90.5. The van der Waals surface area contributed by atoms with E-state index < -0.39 is 72.5 Å². The van der Waals surface area contributed by atoms with Crippen LogP contribution in [0.1, 0.15) is 195 Å². The van der Waals surface area contributed by atoms with Crippen LogP contribution < -0.4 is 61.6 Å². The minimum Gasteiger partial charge on any atom is -0.496 e. The molecule has 0 unspecified atom stereocenters. The summed E-state index contributed by atoms with van der Waals surface area (Å²) < 4.78 is 23.4. The quantitative estimate of drug-likeness (QED) is 0.0171. The number of hydrogen-bond donors (Lipinski definition) is 13. The maximum Gasteiger partial charge on any atom is 0.251 e. The molecule has 0 spiro atoms. The summed E-state index contributed by atoms with van der Waals surface area (Å²) in [5.74, 6) is 4.18. The van der Waals surface area contributed by atoms with Gasteiger partial charge in [0.15, 0.2) is 0 Å². The fourth-order valence-corrected chi connectivity index (χ4v) is 26.1. The first-order chi connectivity index (χ1) is 69.8. The number of nitrogens with zero attached hydrogens (tertiary/aromatic N) is 6. The summed E-state index contributed by atoms with van der Waals surface area (Å²) in [7, 11) is 16.5. The molecule has 6 aromatic carbocycles. The van der Waals surface area contributed by atoms with Gasteiger partial charge in [-0.1, -0.05) is 143 Å². The maximum atomic E-state index is 14.2. The molecule has 14 N–H and O–H groups in total. The van der Waals surface area contributed by atoms with Crippen LogP contribution in [0.25, 0.3) is 33.4 Å². The van der Waals surface area contributed by atoms with Crippen LogP contribution in [0.2, 0.25) is 0 Å². The second-order valence-corrected chi connectivity index (χ2v) is 46.0. The molecule has 4 heterocycles. The molecule has 12 aliphatic rings. The molecule has 9 saturated carbocycles. The number of likely N-dealkylation sites (N-methyl/N-ethyl adjacent to an activating group) is 1.